The maximum atomic E-state index is 9.65. The van der Waals surface area contributed by atoms with Gasteiger partial charge in [0.1, 0.15) is 0 Å². The van der Waals surface area contributed by atoms with Gasteiger partial charge in [0.15, 0.2) is 0 Å². The number of nitrogens with zero attached hydrogens (tertiary/aromatic N) is 2. The first-order valence-electron chi connectivity index (χ1n) is 4.63. The van der Waals surface area contributed by atoms with Crippen LogP contribution >= 0.6 is 0 Å². The number of aliphatic hydroxyl groups excluding tert-OH is 1. The van der Waals surface area contributed by atoms with E-state index in [1.54, 1.807) is 12.4 Å². The zero-order chi connectivity index (χ0) is 9.47. The Labute approximate surface area is 77.8 Å². The first kappa shape index (κ1) is 8.63. The molecule has 3 heteroatoms. The third-order valence-electron chi connectivity index (χ3n) is 2.94. The standard InChI is InChI=1S/C10H14N2O/c1-7-9(12-6-5-11-7)10(3-4-10)8(2)13/h5-6,8,13H,3-4H2,1-2H3. The highest BCUT2D eigenvalue weighted by atomic mass is 16.3. The quantitative estimate of drug-likeness (QED) is 0.740. The van der Waals surface area contributed by atoms with Gasteiger partial charge in [-0.1, -0.05) is 0 Å². The zero-order valence-corrected chi connectivity index (χ0v) is 7.99. The number of rotatable bonds is 2. The maximum absolute atomic E-state index is 9.65. The molecule has 1 N–H and O–H groups in total. The molecule has 1 aliphatic carbocycles. The minimum Gasteiger partial charge on any atom is -0.392 e. The first-order chi connectivity index (χ1) is 6.17. The minimum absolute atomic E-state index is 0.0850. The molecular weight excluding hydrogens is 164 g/mol. The molecule has 0 radical (unpaired) electrons. The molecule has 1 aromatic heterocycles. The Kier molecular flexibility index (Phi) is 1.84. The van der Waals surface area contributed by atoms with Gasteiger partial charge >= 0.3 is 0 Å². The predicted octanol–water partition coefficient (Wildman–Crippen LogP) is 1.20. The third kappa shape index (κ3) is 1.23. The van der Waals surface area contributed by atoms with E-state index in [1.165, 1.54) is 0 Å². The van der Waals surface area contributed by atoms with Crippen LogP contribution in [0.4, 0.5) is 0 Å². The van der Waals surface area contributed by atoms with E-state index in [9.17, 15) is 5.11 Å². The van der Waals surface area contributed by atoms with Gasteiger partial charge in [-0.15, -0.1) is 0 Å². The van der Waals surface area contributed by atoms with Gasteiger partial charge in [-0.05, 0) is 26.7 Å². The van der Waals surface area contributed by atoms with Crippen LogP contribution in [0.25, 0.3) is 0 Å². The number of aromatic nitrogens is 2. The summed E-state index contributed by atoms with van der Waals surface area (Å²) in [5.41, 5.74) is 1.84. The Balaban J connectivity index is 2.41. The second-order valence-electron chi connectivity index (χ2n) is 3.82. The summed E-state index contributed by atoms with van der Waals surface area (Å²) in [5, 5.41) is 9.65. The van der Waals surface area contributed by atoms with E-state index in [0.29, 0.717) is 0 Å². The summed E-state index contributed by atoms with van der Waals surface area (Å²) < 4.78 is 0. The summed E-state index contributed by atoms with van der Waals surface area (Å²) in [5.74, 6) is 0. The van der Waals surface area contributed by atoms with Crippen LogP contribution in [-0.2, 0) is 5.41 Å². The van der Waals surface area contributed by atoms with Crippen molar-refractivity contribution in [1.82, 2.24) is 9.97 Å². The van der Waals surface area contributed by atoms with Crippen molar-refractivity contribution in [2.75, 3.05) is 0 Å². The normalized spacial score (nSPS) is 21.2. The Hall–Kier alpha value is -0.960. The second-order valence-corrected chi connectivity index (χ2v) is 3.82. The summed E-state index contributed by atoms with van der Waals surface area (Å²) in [6.45, 7) is 3.78. The Morgan fingerprint density at radius 2 is 2.00 bits per heavy atom. The molecule has 1 aromatic rings. The van der Waals surface area contributed by atoms with Crippen LogP contribution in [0.2, 0.25) is 0 Å². The Bertz CT molecular complexity index is 318. The van der Waals surface area contributed by atoms with Crippen LogP contribution in [0.5, 0.6) is 0 Å². The molecule has 1 heterocycles. The van der Waals surface area contributed by atoms with Crippen molar-refractivity contribution >= 4 is 0 Å². The lowest BCUT2D eigenvalue weighted by Gasteiger charge is -2.18. The van der Waals surface area contributed by atoms with Crippen LogP contribution in [-0.4, -0.2) is 21.2 Å². The fourth-order valence-electron chi connectivity index (χ4n) is 1.88. The van der Waals surface area contributed by atoms with Crippen LogP contribution in [0.15, 0.2) is 12.4 Å². The molecule has 13 heavy (non-hydrogen) atoms. The van der Waals surface area contributed by atoms with E-state index in [2.05, 4.69) is 9.97 Å². The number of aliphatic hydroxyl groups is 1. The summed E-state index contributed by atoms with van der Waals surface area (Å²) >= 11 is 0. The monoisotopic (exact) mass is 178 g/mol. The summed E-state index contributed by atoms with van der Waals surface area (Å²) in [7, 11) is 0. The average molecular weight is 178 g/mol. The molecule has 1 fully saturated rings. The Morgan fingerprint density at radius 1 is 1.38 bits per heavy atom. The molecule has 1 unspecified atom stereocenters. The fraction of sp³-hybridized carbons (Fsp3) is 0.600. The predicted molar refractivity (Wildman–Crippen MR) is 49.4 cm³/mol. The topological polar surface area (TPSA) is 46.0 Å². The van der Waals surface area contributed by atoms with Gasteiger partial charge in [0.25, 0.3) is 0 Å². The van der Waals surface area contributed by atoms with Gasteiger partial charge in [-0.3, -0.25) is 9.97 Å². The molecule has 0 aromatic carbocycles. The average Bonchev–Trinajstić information content (AvgIpc) is 2.85. The van der Waals surface area contributed by atoms with Gasteiger partial charge in [-0.25, -0.2) is 0 Å². The first-order valence-corrected chi connectivity index (χ1v) is 4.63. The molecule has 70 valence electrons. The Morgan fingerprint density at radius 3 is 2.46 bits per heavy atom. The van der Waals surface area contributed by atoms with E-state index < -0.39 is 0 Å². The lowest BCUT2D eigenvalue weighted by molar-refractivity contribution is 0.148. The van der Waals surface area contributed by atoms with E-state index in [1.807, 2.05) is 13.8 Å². The van der Waals surface area contributed by atoms with Crippen molar-refractivity contribution in [1.29, 1.82) is 0 Å². The van der Waals surface area contributed by atoms with Gasteiger partial charge in [0.2, 0.25) is 0 Å². The van der Waals surface area contributed by atoms with Gasteiger partial charge in [0, 0.05) is 17.8 Å². The lowest BCUT2D eigenvalue weighted by atomic mass is 9.94. The van der Waals surface area contributed by atoms with Crippen LogP contribution < -0.4 is 0 Å². The van der Waals surface area contributed by atoms with Crippen molar-refractivity contribution in [2.45, 2.75) is 38.2 Å². The smallest absolute Gasteiger partial charge is 0.0703 e. The summed E-state index contributed by atoms with van der Waals surface area (Å²) in [6, 6.07) is 0. The van der Waals surface area contributed by atoms with Crippen LogP contribution in [0, 0.1) is 6.92 Å². The van der Waals surface area contributed by atoms with Crippen molar-refractivity contribution in [3.8, 4) is 0 Å². The van der Waals surface area contributed by atoms with Crippen molar-refractivity contribution < 1.29 is 5.11 Å². The van der Waals surface area contributed by atoms with E-state index in [0.717, 1.165) is 24.2 Å². The van der Waals surface area contributed by atoms with Gasteiger partial charge in [0.05, 0.1) is 17.5 Å². The van der Waals surface area contributed by atoms with Crippen molar-refractivity contribution in [3.05, 3.63) is 23.8 Å². The molecule has 0 spiro atoms. The molecule has 2 rings (SSSR count). The van der Waals surface area contributed by atoms with E-state index >= 15 is 0 Å². The van der Waals surface area contributed by atoms with Crippen molar-refractivity contribution in [2.24, 2.45) is 0 Å². The second kappa shape index (κ2) is 2.77. The zero-order valence-electron chi connectivity index (χ0n) is 7.99. The third-order valence-corrected chi connectivity index (χ3v) is 2.94. The van der Waals surface area contributed by atoms with Crippen molar-refractivity contribution in [3.63, 3.8) is 0 Å². The number of hydrogen-bond donors (Lipinski definition) is 1. The summed E-state index contributed by atoms with van der Waals surface area (Å²) in [6.07, 6.45) is 5.14. The van der Waals surface area contributed by atoms with E-state index in [-0.39, 0.29) is 11.5 Å². The molecule has 1 aliphatic rings. The van der Waals surface area contributed by atoms with Gasteiger partial charge in [-0.2, -0.15) is 0 Å². The molecule has 1 saturated carbocycles. The highest BCUT2D eigenvalue weighted by Gasteiger charge is 2.50. The molecular formula is C10H14N2O. The molecule has 3 nitrogen and oxygen atoms in total. The molecule has 0 bridgehead atoms. The molecule has 1 atom stereocenters. The highest BCUT2D eigenvalue weighted by Crippen LogP contribution is 2.50. The maximum Gasteiger partial charge on any atom is 0.0703 e. The number of hydrogen-bond acceptors (Lipinski definition) is 3. The van der Waals surface area contributed by atoms with Crippen LogP contribution in [0.3, 0.4) is 0 Å². The number of aryl methyl sites for hydroxylation is 1. The van der Waals surface area contributed by atoms with Gasteiger partial charge < -0.3 is 5.11 Å². The van der Waals surface area contributed by atoms with Crippen LogP contribution in [0.1, 0.15) is 31.2 Å². The highest BCUT2D eigenvalue weighted by molar-refractivity contribution is 5.29. The minimum atomic E-state index is -0.317. The molecule has 0 saturated heterocycles. The fourth-order valence-corrected chi connectivity index (χ4v) is 1.88. The summed E-state index contributed by atoms with van der Waals surface area (Å²) in [4.78, 5) is 8.51. The lowest BCUT2D eigenvalue weighted by Crippen LogP contribution is -2.25. The molecule has 0 amide bonds. The molecule has 0 aliphatic heterocycles. The SMILES string of the molecule is Cc1nccnc1C1(C(C)O)CC1. The van der Waals surface area contributed by atoms with E-state index in [4.69, 9.17) is 0 Å². The largest absolute Gasteiger partial charge is 0.392 e.